The average Bonchev–Trinajstić information content (AvgIpc) is 2.91. The number of carbonyl (C=O) groups is 3. The normalized spacial score (nSPS) is 20.3. The summed E-state index contributed by atoms with van der Waals surface area (Å²) in [4.78, 5) is 44.6. The number of ether oxygens (including phenoxy) is 2. The number of nitrogens with one attached hydrogen (secondary N) is 1. The van der Waals surface area contributed by atoms with E-state index in [4.69, 9.17) is 9.47 Å². The van der Waals surface area contributed by atoms with Gasteiger partial charge in [0.2, 0.25) is 0 Å². The van der Waals surface area contributed by atoms with Gasteiger partial charge in [-0.1, -0.05) is 12.1 Å². The molecular formula is C28H33FN4O5. The lowest BCUT2D eigenvalue weighted by atomic mass is 9.94. The summed E-state index contributed by atoms with van der Waals surface area (Å²) in [5.41, 5.74) is 1.99. The standard InChI is InChI=1S/C28H33FN4O5/c1-5-38-27(35)24-23(31(3)28(36)30-25(24)19-6-10-21(29)11-7-19)17-32-14-15-33(18(2)16-32)26(34)20-8-12-22(37-4)13-9-20/h6-13,18,25H,5,14-17H2,1-4H3,(H,30,36)/t18-,25+/m0/s1. The van der Waals surface area contributed by atoms with Crippen LogP contribution in [-0.2, 0) is 9.53 Å². The number of rotatable bonds is 7. The summed E-state index contributed by atoms with van der Waals surface area (Å²) in [6, 6.07) is 11.5. The largest absolute Gasteiger partial charge is 0.497 e. The predicted octanol–water partition coefficient (Wildman–Crippen LogP) is 3.19. The van der Waals surface area contributed by atoms with Crippen molar-refractivity contribution in [3.63, 3.8) is 0 Å². The van der Waals surface area contributed by atoms with Crippen molar-refractivity contribution in [2.75, 3.05) is 46.9 Å². The maximum atomic E-state index is 13.6. The van der Waals surface area contributed by atoms with Crippen molar-refractivity contribution in [3.8, 4) is 5.75 Å². The summed E-state index contributed by atoms with van der Waals surface area (Å²) < 4.78 is 24.1. The van der Waals surface area contributed by atoms with E-state index in [-0.39, 0.29) is 24.6 Å². The fourth-order valence-corrected chi connectivity index (χ4v) is 4.89. The molecule has 0 radical (unpaired) electrons. The Labute approximate surface area is 221 Å². The molecule has 1 N–H and O–H groups in total. The van der Waals surface area contributed by atoms with E-state index in [0.717, 1.165) is 0 Å². The Morgan fingerprint density at radius 3 is 2.37 bits per heavy atom. The van der Waals surface area contributed by atoms with Gasteiger partial charge in [0.25, 0.3) is 5.91 Å². The van der Waals surface area contributed by atoms with Crippen LogP contribution >= 0.6 is 0 Å². The minimum absolute atomic E-state index is 0.0585. The van der Waals surface area contributed by atoms with E-state index < -0.39 is 17.8 Å². The molecule has 2 atom stereocenters. The highest BCUT2D eigenvalue weighted by Crippen LogP contribution is 2.32. The number of piperazine rings is 1. The first-order chi connectivity index (χ1) is 18.2. The maximum absolute atomic E-state index is 13.6. The molecule has 4 rings (SSSR count). The Bertz CT molecular complexity index is 1210. The van der Waals surface area contributed by atoms with Crippen molar-refractivity contribution in [1.82, 2.24) is 20.0 Å². The first kappa shape index (κ1) is 27.1. The lowest BCUT2D eigenvalue weighted by Gasteiger charge is -2.42. The number of carbonyl (C=O) groups excluding carboxylic acids is 3. The van der Waals surface area contributed by atoms with E-state index in [1.165, 1.54) is 17.0 Å². The second kappa shape index (κ2) is 11.6. The fraction of sp³-hybridized carbons (Fsp3) is 0.393. The van der Waals surface area contributed by atoms with E-state index in [1.807, 2.05) is 11.8 Å². The number of likely N-dealkylation sites (N-methyl/N-ethyl adjacent to an activating group) is 1. The summed E-state index contributed by atoms with van der Waals surface area (Å²) in [6.45, 7) is 5.78. The minimum Gasteiger partial charge on any atom is -0.497 e. The van der Waals surface area contributed by atoms with Gasteiger partial charge in [-0.05, 0) is 55.8 Å². The molecule has 0 aromatic heterocycles. The van der Waals surface area contributed by atoms with Crippen LogP contribution in [0.15, 0.2) is 59.8 Å². The van der Waals surface area contributed by atoms with Crippen LogP contribution in [0.25, 0.3) is 0 Å². The molecular weight excluding hydrogens is 491 g/mol. The van der Waals surface area contributed by atoms with Crippen molar-refractivity contribution in [1.29, 1.82) is 0 Å². The van der Waals surface area contributed by atoms with Gasteiger partial charge in [-0.2, -0.15) is 0 Å². The molecule has 10 heteroatoms. The van der Waals surface area contributed by atoms with E-state index in [2.05, 4.69) is 10.2 Å². The van der Waals surface area contributed by atoms with Crippen molar-refractivity contribution < 1.29 is 28.2 Å². The summed E-state index contributed by atoms with van der Waals surface area (Å²) in [5, 5.41) is 2.84. The van der Waals surface area contributed by atoms with E-state index in [0.29, 0.717) is 54.3 Å². The third kappa shape index (κ3) is 5.65. The molecule has 3 amide bonds. The predicted molar refractivity (Wildman–Crippen MR) is 139 cm³/mol. The Balaban J connectivity index is 1.57. The number of benzene rings is 2. The molecule has 0 aliphatic carbocycles. The van der Waals surface area contributed by atoms with Crippen LogP contribution in [0.2, 0.25) is 0 Å². The number of amides is 3. The molecule has 0 spiro atoms. The number of hydrogen-bond acceptors (Lipinski definition) is 6. The van der Waals surface area contributed by atoms with Gasteiger partial charge in [0.15, 0.2) is 0 Å². The molecule has 202 valence electrons. The van der Waals surface area contributed by atoms with Gasteiger partial charge in [0.1, 0.15) is 11.6 Å². The molecule has 0 bridgehead atoms. The third-order valence-corrected chi connectivity index (χ3v) is 6.96. The lowest BCUT2D eigenvalue weighted by Crippen LogP contribution is -2.56. The Morgan fingerprint density at radius 2 is 1.76 bits per heavy atom. The Kier molecular flexibility index (Phi) is 8.31. The first-order valence-corrected chi connectivity index (χ1v) is 12.6. The van der Waals surface area contributed by atoms with Crippen LogP contribution < -0.4 is 10.1 Å². The second-order valence-corrected chi connectivity index (χ2v) is 9.39. The first-order valence-electron chi connectivity index (χ1n) is 12.6. The van der Waals surface area contributed by atoms with E-state index in [1.54, 1.807) is 57.5 Å². The van der Waals surface area contributed by atoms with Crippen molar-refractivity contribution in [2.45, 2.75) is 25.9 Å². The van der Waals surface area contributed by atoms with Gasteiger partial charge in [-0.3, -0.25) is 14.6 Å². The van der Waals surface area contributed by atoms with Crippen LogP contribution in [0.1, 0.15) is 35.8 Å². The highest BCUT2D eigenvalue weighted by Gasteiger charge is 2.38. The Hall–Kier alpha value is -3.92. The molecule has 2 aliphatic rings. The van der Waals surface area contributed by atoms with Crippen LogP contribution in [-0.4, -0.2) is 85.6 Å². The lowest BCUT2D eigenvalue weighted by molar-refractivity contribution is -0.139. The summed E-state index contributed by atoms with van der Waals surface area (Å²) in [5.74, 6) is -0.322. The van der Waals surface area contributed by atoms with E-state index in [9.17, 15) is 18.8 Å². The molecule has 2 aromatic rings. The highest BCUT2D eigenvalue weighted by atomic mass is 19.1. The smallest absolute Gasteiger partial charge is 0.338 e. The van der Waals surface area contributed by atoms with Gasteiger partial charge in [0.05, 0.1) is 25.3 Å². The summed E-state index contributed by atoms with van der Waals surface area (Å²) in [6.07, 6.45) is 0. The number of methoxy groups -OCH3 is 1. The Morgan fingerprint density at radius 1 is 1.08 bits per heavy atom. The molecule has 9 nitrogen and oxygen atoms in total. The van der Waals surface area contributed by atoms with Gasteiger partial charge in [0, 0.05) is 50.5 Å². The van der Waals surface area contributed by atoms with Crippen LogP contribution in [0.4, 0.5) is 9.18 Å². The molecule has 38 heavy (non-hydrogen) atoms. The zero-order valence-corrected chi connectivity index (χ0v) is 22.1. The topological polar surface area (TPSA) is 91.4 Å². The second-order valence-electron chi connectivity index (χ2n) is 9.39. The van der Waals surface area contributed by atoms with Crippen LogP contribution in [0.3, 0.4) is 0 Å². The van der Waals surface area contributed by atoms with Crippen molar-refractivity contribution in [2.24, 2.45) is 0 Å². The van der Waals surface area contributed by atoms with Crippen LogP contribution in [0.5, 0.6) is 5.75 Å². The molecule has 1 saturated heterocycles. The number of urea groups is 1. The van der Waals surface area contributed by atoms with Crippen molar-refractivity contribution in [3.05, 3.63) is 76.7 Å². The fourth-order valence-electron chi connectivity index (χ4n) is 4.89. The number of esters is 1. The van der Waals surface area contributed by atoms with Crippen LogP contribution in [0, 0.1) is 5.82 Å². The van der Waals surface area contributed by atoms with Gasteiger partial charge in [-0.15, -0.1) is 0 Å². The molecule has 2 aliphatic heterocycles. The summed E-state index contributed by atoms with van der Waals surface area (Å²) in [7, 11) is 3.19. The molecule has 0 unspecified atom stereocenters. The van der Waals surface area contributed by atoms with Gasteiger partial charge in [-0.25, -0.2) is 14.0 Å². The monoisotopic (exact) mass is 524 g/mol. The van der Waals surface area contributed by atoms with Gasteiger partial charge < -0.3 is 19.7 Å². The molecule has 1 fully saturated rings. The summed E-state index contributed by atoms with van der Waals surface area (Å²) >= 11 is 0. The highest BCUT2D eigenvalue weighted by molar-refractivity contribution is 5.95. The molecule has 2 aromatic carbocycles. The number of nitrogens with zero attached hydrogens (tertiary/aromatic N) is 3. The zero-order valence-electron chi connectivity index (χ0n) is 22.1. The third-order valence-electron chi connectivity index (χ3n) is 6.96. The maximum Gasteiger partial charge on any atom is 0.338 e. The average molecular weight is 525 g/mol. The quantitative estimate of drug-likeness (QED) is 0.560. The van der Waals surface area contributed by atoms with Crippen molar-refractivity contribution >= 4 is 17.9 Å². The van der Waals surface area contributed by atoms with E-state index >= 15 is 0 Å². The zero-order chi connectivity index (χ0) is 27.4. The molecule has 2 heterocycles. The van der Waals surface area contributed by atoms with Gasteiger partial charge >= 0.3 is 12.0 Å². The number of hydrogen-bond donors (Lipinski definition) is 1. The number of halogens is 1. The SMILES string of the molecule is CCOC(=O)C1=C(CN2CCN(C(=O)c3ccc(OC)cc3)[C@@H](C)C2)N(C)C(=O)N[C@@H]1c1ccc(F)cc1. The minimum atomic E-state index is -0.774. The molecule has 0 saturated carbocycles.